The molecule has 0 bridgehead atoms. The first kappa shape index (κ1) is 19.0. The van der Waals surface area contributed by atoms with Crippen molar-refractivity contribution in [3.05, 3.63) is 59.2 Å². The standard InChI is InChI=1S/C22H23N3O4/c1-4-25-13-15(29-19-8-6-5-7-18(19)25)12-23(2)20(26)14-9-10-16-17(11-14)22(28)24(3)21(16)27/h5-11,15H,4,12-13H2,1-3H3. The molecule has 1 unspecified atom stereocenters. The van der Waals surface area contributed by atoms with Crippen LogP contribution < -0.4 is 9.64 Å². The zero-order valence-corrected chi connectivity index (χ0v) is 16.7. The van der Waals surface area contributed by atoms with E-state index in [2.05, 4.69) is 11.8 Å². The molecule has 2 heterocycles. The molecule has 0 N–H and O–H groups in total. The number of carbonyl (C=O) groups is 3. The fourth-order valence-electron chi connectivity index (χ4n) is 3.88. The van der Waals surface area contributed by atoms with E-state index in [1.807, 2.05) is 24.3 Å². The molecule has 29 heavy (non-hydrogen) atoms. The van der Waals surface area contributed by atoms with Crippen LogP contribution in [0, 0.1) is 0 Å². The second kappa shape index (κ2) is 7.24. The summed E-state index contributed by atoms with van der Waals surface area (Å²) in [4.78, 5) is 42.1. The smallest absolute Gasteiger partial charge is 0.261 e. The van der Waals surface area contributed by atoms with Crippen LogP contribution in [0.15, 0.2) is 42.5 Å². The Balaban J connectivity index is 1.50. The van der Waals surface area contributed by atoms with Gasteiger partial charge in [-0.2, -0.15) is 0 Å². The topological polar surface area (TPSA) is 70.2 Å². The lowest BCUT2D eigenvalue weighted by molar-refractivity contribution is 0.0691. The van der Waals surface area contributed by atoms with Crippen molar-refractivity contribution in [3.8, 4) is 5.75 Å². The fourth-order valence-corrected chi connectivity index (χ4v) is 3.88. The monoisotopic (exact) mass is 393 g/mol. The minimum atomic E-state index is -0.381. The number of anilines is 1. The molecular weight excluding hydrogens is 370 g/mol. The van der Waals surface area contributed by atoms with E-state index in [9.17, 15) is 14.4 Å². The number of imide groups is 1. The Labute approximate surface area is 169 Å². The number of nitrogens with zero attached hydrogens (tertiary/aromatic N) is 3. The summed E-state index contributed by atoms with van der Waals surface area (Å²) in [6, 6.07) is 12.5. The van der Waals surface area contributed by atoms with Gasteiger partial charge in [0.05, 0.1) is 29.9 Å². The molecule has 0 saturated carbocycles. The van der Waals surface area contributed by atoms with E-state index in [1.54, 1.807) is 24.1 Å². The molecule has 0 radical (unpaired) electrons. The van der Waals surface area contributed by atoms with E-state index in [1.165, 1.54) is 13.1 Å². The molecule has 7 heteroatoms. The lowest BCUT2D eigenvalue weighted by Gasteiger charge is -2.37. The molecule has 1 atom stereocenters. The van der Waals surface area contributed by atoms with E-state index in [-0.39, 0.29) is 29.4 Å². The van der Waals surface area contributed by atoms with Crippen LogP contribution in [0.5, 0.6) is 5.75 Å². The van der Waals surface area contributed by atoms with Gasteiger partial charge in [0.2, 0.25) is 0 Å². The maximum absolute atomic E-state index is 12.9. The maximum Gasteiger partial charge on any atom is 0.261 e. The summed E-state index contributed by atoms with van der Waals surface area (Å²) in [5.41, 5.74) is 2.05. The van der Waals surface area contributed by atoms with E-state index < -0.39 is 0 Å². The third-order valence-corrected chi connectivity index (χ3v) is 5.47. The molecule has 2 aliphatic heterocycles. The second-order valence-electron chi connectivity index (χ2n) is 7.36. The predicted molar refractivity (Wildman–Crippen MR) is 109 cm³/mol. The first-order valence-electron chi connectivity index (χ1n) is 9.63. The first-order chi connectivity index (χ1) is 13.9. The zero-order chi connectivity index (χ0) is 20.7. The molecule has 4 rings (SSSR count). The van der Waals surface area contributed by atoms with Crippen LogP contribution in [0.1, 0.15) is 38.0 Å². The number of ether oxygens (including phenoxy) is 1. The van der Waals surface area contributed by atoms with Gasteiger partial charge >= 0.3 is 0 Å². The van der Waals surface area contributed by atoms with Gasteiger partial charge in [-0.15, -0.1) is 0 Å². The number of rotatable bonds is 4. The van der Waals surface area contributed by atoms with Gasteiger partial charge in [-0.25, -0.2) is 0 Å². The van der Waals surface area contributed by atoms with E-state index in [0.29, 0.717) is 24.2 Å². The number of hydrogen-bond acceptors (Lipinski definition) is 5. The van der Waals surface area contributed by atoms with Crippen LogP contribution in [0.25, 0.3) is 0 Å². The van der Waals surface area contributed by atoms with Crippen LogP contribution >= 0.6 is 0 Å². The molecule has 2 aliphatic rings. The van der Waals surface area contributed by atoms with Gasteiger partial charge in [0.1, 0.15) is 11.9 Å². The van der Waals surface area contributed by atoms with Crippen molar-refractivity contribution in [3.63, 3.8) is 0 Å². The summed E-state index contributed by atoms with van der Waals surface area (Å²) in [5, 5.41) is 0. The normalized spacial score (nSPS) is 17.7. The molecular formula is C22H23N3O4. The largest absolute Gasteiger partial charge is 0.485 e. The van der Waals surface area contributed by atoms with E-state index >= 15 is 0 Å². The fraction of sp³-hybridized carbons (Fsp3) is 0.318. The van der Waals surface area contributed by atoms with Crippen LogP contribution in [0.3, 0.4) is 0 Å². The summed E-state index contributed by atoms with van der Waals surface area (Å²) >= 11 is 0. The van der Waals surface area contributed by atoms with Crippen molar-refractivity contribution in [2.45, 2.75) is 13.0 Å². The molecule has 2 aromatic rings. The summed E-state index contributed by atoms with van der Waals surface area (Å²) < 4.78 is 6.10. The Morgan fingerprint density at radius 3 is 2.62 bits per heavy atom. The van der Waals surface area contributed by atoms with Crippen LogP contribution in [0.4, 0.5) is 5.69 Å². The predicted octanol–water partition coefficient (Wildman–Crippen LogP) is 2.27. The van der Waals surface area contributed by atoms with Crippen molar-refractivity contribution in [2.24, 2.45) is 0 Å². The first-order valence-corrected chi connectivity index (χ1v) is 9.63. The maximum atomic E-state index is 12.9. The summed E-state index contributed by atoms with van der Waals surface area (Å²) in [7, 11) is 3.16. The number of carbonyl (C=O) groups excluding carboxylic acids is 3. The minimum absolute atomic E-state index is 0.164. The third-order valence-electron chi connectivity index (χ3n) is 5.47. The molecule has 2 aromatic carbocycles. The molecule has 0 aromatic heterocycles. The highest BCUT2D eigenvalue weighted by molar-refractivity contribution is 6.21. The number of amides is 3. The average Bonchev–Trinajstić information content (AvgIpc) is 2.96. The quantitative estimate of drug-likeness (QED) is 0.746. The molecule has 0 spiro atoms. The summed E-state index contributed by atoms with van der Waals surface area (Å²) in [5.74, 6) is -0.122. The lowest BCUT2D eigenvalue weighted by atomic mass is 10.0. The molecule has 0 aliphatic carbocycles. The van der Waals surface area contributed by atoms with Gasteiger partial charge in [0, 0.05) is 26.2 Å². The van der Waals surface area contributed by atoms with Crippen LogP contribution in [-0.4, -0.2) is 67.4 Å². The Hall–Kier alpha value is -3.35. The van der Waals surface area contributed by atoms with E-state index in [4.69, 9.17) is 4.74 Å². The van der Waals surface area contributed by atoms with Gasteiger partial charge in [-0.3, -0.25) is 19.3 Å². The van der Waals surface area contributed by atoms with Crippen molar-refractivity contribution < 1.29 is 19.1 Å². The third kappa shape index (κ3) is 3.22. The Kier molecular flexibility index (Phi) is 4.74. The second-order valence-corrected chi connectivity index (χ2v) is 7.36. The molecule has 150 valence electrons. The summed E-state index contributed by atoms with van der Waals surface area (Å²) in [6.45, 7) is 4.04. The number of likely N-dealkylation sites (N-methyl/N-ethyl adjacent to an activating group) is 2. The van der Waals surface area contributed by atoms with E-state index in [0.717, 1.165) is 22.9 Å². The highest BCUT2D eigenvalue weighted by Gasteiger charge is 2.34. The van der Waals surface area contributed by atoms with Gasteiger partial charge in [0.15, 0.2) is 0 Å². The number of fused-ring (bicyclic) bond motifs is 2. The van der Waals surface area contributed by atoms with Crippen molar-refractivity contribution in [1.29, 1.82) is 0 Å². The SMILES string of the molecule is CCN1CC(CN(C)C(=O)c2ccc3c(c2)C(=O)N(C)C3=O)Oc2ccccc21. The Morgan fingerprint density at radius 1 is 1.14 bits per heavy atom. The average molecular weight is 393 g/mol. The van der Waals surface area contributed by atoms with Crippen molar-refractivity contribution >= 4 is 23.4 Å². The molecule has 3 amide bonds. The van der Waals surface area contributed by atoms with Crippen LogP contribution in [-0.2, 0) is 0 Å². The van der Waals surface area contributed by atoms with Crippen molar-refractivity contribution in [2.75, 3.05) is 38.6 Å². The highest BCUT2D eigenvalue weighted by Crippen LogP contribution is 2.33. The molecule has 0 saturated heterocycles. The Bertz CT molecular complexity index is 1000. The summed E-state index contributed by atoms with van der Waals surface area (Å²) in [6.07, 6.45) is -0.164. The number of benzene rings is 2. The highest BCUT2D eigenvalue weighted by atomic mass is 16.5. The number of hydrogen-bond donors (Lipinski definition) is 0. The Morgan fingerprint density at radius 2 is 1.86 bits per heavy atom. The minimum Gasteiger partial charge on any atom is -0.485 e. The lowest BCUT2D eigenvalue weighted by Crippen LogP contribution is -2.46. The molecule has 0 fully saturated rings. The molecule has 7 nitrogen and oxygen atoms in total. The van der Waals surface area contributed by atoms with Gasteiger partial charge in [-0.1, -0.05) is 12.1 Å². The van der Waals surface area contributed by atoms with Gasteiger partial charge < -0.3 is 14.5 Å². The number of para-hydroxylation sites is 2. The van der Waals surface area contributed by atoms with Crippen LogP contribution in [0.2, 0.25) is 0 Å². The van der Waals surface area contributed by atoms with Gasteiger partial charge in [-0.05, 0) is 37.3 Å². The van der Waals surface area contributed by atoms with Crippen molar-refractivity contribution in [1.82, 2.24) is 9.80 Å². The zero-order valence-electron chi connectivity index (χ0n) is 16.7. The van der Waals surface area contributed by atoms with Gasteiger partial charge in [0.25, 0.3) is 17.7 Å².